The zero-order valence-electron chi connectivity index (χ0n) is 13.8. The molecule has 5 nitrogen and oxygen atoms in total. The Morgan fingerprint density at radius 1 is 1.26 bits per heavy atom. The fourth-order valence-corrected chi connectivity index (χ4v) is 3.34. The van der Waals surface area contributed by atoms with Crippen LogP contribution in [-0.2, 0) is 21.5 Å². The predicted molar refractivity (Wildman–Crippen MR) is 85.8 cm³/mol. The Kier molecular flexibility index (Phi) is 3.54. The number of ketones is 1. The van der Waals surface area contributed by atoms with Gasteiger partial charge in [-0.3, -0.25) is 14.5 Å². The fourth-order valence-electron chi connectivity index (χ4n) is 3.34. The first kappa shape index (κ1) is 15.7. The molecular weight excluding hydrogens is 292 g/mol. The summed E-state index contributed by atoms with van der Waals surface area (Å²) >= 11 is 0. The standard InChI is InChI=1S/C18H22N2O3/c1-17(2,3)14(21)11-20-15(22)18(19-16(20)23)10-6-8-12-7-4-5-9-13(12)18/h4-5,7,9H,6,8,10-11H2,1-3H3,(H,19,23)/t18-/m0/s1. The summed E-state index contributed by atoms with van der Waals surface area (Å²) in [5, 5.41) is 2.87. The van der Waals surface area contributed by atoms with Gasteiger partial charge in [0.05, 0.1) is 6.54 Å². The molecule has 1 atom stereocenters. The van der Waals surface area contributed by atoms with Crippen LogP contribution in [0.25, 0.3) is 0 Å². The lowest BCUT2D eigenvalue weighted by molar-refractivity contribution is -0.137. The van der Waals surface area contributed by atoms with E-state index in [0.717, 1.165) is 28.9 Å². The molecule has 0 aromatic heterocycles. The zero-order chi connectivity index (χ0) is 16.8. The third-order valence-electron chi connectivity index (χ3n) is 4.79. The lowest BCUT2D eigenvalue weighted by atomic mass is 9.76. The van der Waals surface area contributed by atoms with Crippen molar-refractivity contribution in [3.8, 4) is 0 Å². The van der Waals surface area contributed by atoms with Crippen molar-refractivity contribution in [1.29, 1.82) is 0 Å². The van der Waals surface area contributed by atoms with Gasteiger partial charge in [-0.05, 0) is 30.4 Å². The number of hydrogen-bond donors (Lipinski definition) is 1. The molecule has 0 radical (unpaired) electrons. The molecule has 0 bridgehead atoms. The summed E-state index contributed by atoms with van der Waals surface area (Å²) in [4.78, 5) is 38.7. The summed E-state index contributed by atoms with van der Waals surface area (Å²) < 4.78 is 0. The van der Waals surface area contributed by atoms with Crippen molar-refractivity contribution in [2.75, 3.05) is 6.54 Å². The summed E-state index contributed by atoms with van der Waals surface area (Å²) in [6, 6.07) is 7.26. The fraction of sp³-hybridized carbons (Fsp3) is 0.500. The lowest BCUT2D eigenvalue weighted by Crippen LogP contribution is -2.47. The van der Waals surface area contributed by atoms with Gasteiger partial charge in [0.2, 0.25) is 0 Å². The molecular formula is C18H22N2O3. The van der Waals surface area contributed by atoms with Gasteiger partial charge in [0.1, 0.15) is 5.54 Å². The van der Waals surface area contributed by atoms with Gasteiger partial charge in [0.15, 0.2) is 5.78 Å². The van der Waals surface area contributed by atoms with Gasteiger partial charge in [0.25, 0.3) is 5.91 Å². The number of hydrogen-bond acceptors (Lipinski definition) is 3. The number of Topliss-reactive ketones (excluding diaryl/α,β-unsaturated/α-hetero) is 1. The van der Waals surface area contributed by atoms with Crippen LogP contribution in [0.2, 0.25) is 0 Å². The molecule has 3 amide bonds. The van der Waals surface area contributed by atoms with Crippen LogP contribution in [0.5, 0.6) is 0 Å². The van der Waals surface area contributed by atoms with E-state index in [1.165, 1.54) is 0 Å². The normalized spacial score (nSPS) is 23.9. The van der Waals surface area contributed by atoms with Gasteiger partial charge in [-0.1, -0.05) is 45.0 Å². The van der Waals surface area contributed by atoms with E-state index in [-0.39, 0.29) is 18.2 Å². The molecule has 1 heterocycles. The van der Waals surface area contributed by atoms with Crippen LogP contribution in [0, 0.1) is 5.41 Å². The lowest BCUT2D eigenvalue weighted by Gasteiger charge is -2.33. The molecule has 1 aliphatic carbocycles. The minimum Gasteiger partial charge on any atom is -0.319 e. The second kappa shape index (κ2) is 5.18. The average molecular weight is 314 g/mol. The Labute approximate surface area is 136 Å². The maximum Gasteiger partial charge on any atom is 0.325 e. The smallest absolute Gasteiger partial charge is 0.319 e. The first-order chi connectivity index (χ1) is 10.8. The first-order valence-electron chi connectivity index (χ1n) is 8.01. The molecule has 1 aromatic rings. The second-order valence-corrected chi connectivity index (χ2v) is 7.41. The maximum atomic E-state index is 13.0. The Hall–Kier alpha value is -2.17. The van der Waals surface area contributed by atoms with E-state index in [1.807, 2.05) is 24.3 Å². The summed E-state index contributed by atoms with van der Waals surface area (Å²) in [5.41, 5.74) is 0.386. The van der Waals surface area contributed by atoms with Crippen molar-refractivity contribution in [1.82, 2.24) is 10.2 Å². The van der Waals surface area contributed by atoms with E-state index in [4.69, 9.17) is 0 Å². The van der Waals surface area contributed by atoms with E-state index in [2.05, 4.69) is 5.32 Å². The molecule has 122 valence electrons. The van der Waals surface area contributed by atoms with Crippen LogP contribution in [0.1, 0.15) is 44.7 Å². The van der Waals surface area contributed by atoms with Crippen LogP contribution >= 0.6 is 0 Å². The highest BCUT2D eigenvalue weighted by Crippen LogP contribution is 2.40. The van der Waals surface area contributed by atoms with Crippen molar-refractivity contribution in [2.24, 2.45) is 5.41 Å². The largest absolute Gasteiger partial charge is 0.325 e. The number of imide groups is 1. The van der Waals surface area contributed by atoms with Gasteiger partial charge in [-0.2, -0.15) is 0 Å². The van der Waals surface area contributed by atoms with Crippen LogP contribution in [-0.4, -0.2) is 29.2 Å². The molecule has 1 aliphatic heterocycles. The van der Waals surface area contributed by atoms with Gasteiger partial charge in [0, 0.05) is 5.41 Å². The molecule has 3 rings (SSSR count). The van der Waals surface area contributed by atoms with Crippen molar-refractivity contribution < 1.29 is 14.4 Å². The van der Waals surface area contributed by atoms with E-state index in [0.29, 0.717) is 6.42 Å². The number of carbonyl (C=O) groups is 3. The number of rotatable bonds is 2. The highest BCUT2D eigenvalue weighted by Gasteiger charge is 2.54. The Morgan fingerprint density at radius 2 is 1.96 bits per heavy atom. The van der Waals surface area contributed by atoms with Crippen LogP contribution in [0.4, 0.5) is 4.79 Å². The maximum absolute atomic E-state index is 13.0. The Bertz CT molecular complexity index is 690. The second-order valence-electron chi connectivity index (χ2n) is 7.41. The number of urea groups is 1. The third-order valence-corrected chi connectivity index (χ3v) is 4.79. The quantitative estimate of drug-likeness (QED) is 0.852. The molecule has 0 saturated carbocycles. The Morgan fingerprint density at radius 3 is 2.65 bits per heavy atom. The van der Waals surface area contributed by atoms with Crippen molar-refractivity contribution >= 4 is 17.7 Å². The Balaban J connectivity index is 1.95. The van der Waals surface area contributed by atoms with E-state index < -0.39 is 17.0 Å². The molecule has 1 fully saturated rings. The predicted octanol–water partition coefficient (Wildman–Crippen LogP) is 2.39. The topological polar surface area (TPSA) is 66.5 Å². The zero-order valence-corrected chi connectivity index (χ0v) is 13.8. The number of nitrogens with one attached hydrogen (secondary N) is 1. The number of benzene rings is 1. The van der Waals surface area contributed by atoms with Gasteiger partial charge in [-0.25, -0.2) is 4.79 Å². The molecule has 1 N–H and O–H groups in total. The summed E-state index contributed by atoms with van der Waals surface area (Å²) in [6.45, 7) is 5.20. The number of carbonyl (C=O) groups excluding carboxylic acids is 3. The number of amides is 3. The van der Waals surface area contributed by atoms with E-state index in [9.17, 15) is 14.4 Å². The first-order valence-corrected chi connectivity index (χ1v) is 8.01. The molecule has 0 unspecified atom stereocenters. The molecule has 2 aliphatic rings. The number of nitrogens with zero attached hydrogens (tertiary/aromatic N) is 1. The molecule has 23 heavy (non-hydrogen) atoms. The van der Waals surface area contributed by atoms with Crippen molar-refractivity contribution in [2.45, 2.75) is 45.6 Å². The minimum absolute atomic E-state index is 0.123. The van der Waals surface area contributed by atoms with Gasteiger partial charge >= 0.3 is 6.03 Å². The summed E-state index contributed by atoms with van der Waals surface area (Å²) in [7, 11) is 0. The molecule has 1 aromatic carbocycles. The highest BCUT2D eigenvalue weighted by molar-refractivity contribution is 6.10. The van der Waals surface area contributed by atoms with Crippen LogP contribution in [0.15, 0.2) is 24.3 Å². The number of aryl methyl sites for hydroxylation is 1. The van der Waals surface area contributed by atoms with Crippen LogP contribution < -0.4 is 5.32 Å². The van der Waals surface area contributed by atoms with Gasteiger partial charge in [-0.15, -0.1) is 0 Å². The van der Waals surface area contributed by atoms with E-state index in [1.54, 1.807) is 20.8 Å². The van der Waals surface area contributed by atoms with Crippen LogP contribution in [0.3, 0.4) is 0 Å². The van der Waals surface area contributed by atoms with E-state index >= 15 is 0 Å². The summed E-state index contributed by atoms with van der Waals surface area (Å²) in [5.74, 6) is -0.422. The third kappa shape index (κ3) is 2.44. The van der Waals surface area contributed by atoms with Crippen molar-refractivity contribution in [3.63, 3.8) is 0 Å². The van der Waals surface area contributed by atoms with Crippen molar-refractivity contribution in [3.05, 3.63) is 35.4 Å². The SMILES string of the molecule is CC(C)(C)C(=O)CN1C(=O)N[C@]2(CCCc3ccccc32)C1=O. The molecule has 5 heteroatoms. The summed E-state index contributed by atoms with van der Waals surface area (Å²) in [6.07, 6.45) is 2.32. The minimum atomic E-state index is -0.996. The average Bonchev–Trinajstić information content (AvgIpc) is 2.72. The van der Waals surface area contributed by atoms with Gasteiger partial charge < -0.3 is 5.32 Å². The monoisotopic (exact) mass is 314 g/mol. The molecule has 1 saturated heterocycles. The highest BCUT2D eigenvalue weighted by atomic mass is 16.2. The number of fused-ring (bicyclic) bond motifs is 2. The molecule has 1 spiro atoms.